The molecule has 0 aliphatic carbocycles. The van der Waals surface area contributed by atoms with E-state index in [1.807, 2.05) is 0 Å². The second kappa shape index (κ2) is 6.39. The third-order valence-corrected chi connectivity index (χ3v) is 1.91. The summed E-state index contributed by atoms with van der Waals surface area (Å²) < 4.78 is 10.3. The summed E-state index contributed by atoms with van der Waals surface area (Å²) in [5.74, 6) is 0.213. The summed E-state index contributed by atoms with van der Waals surface area (Å²) in [5, 5.41) is 10.2. The molecule has 6 nitrogen and oxygen atoms in total. The van der Waals surface area contributed by atoms with Crippen LogP contribution in [0.15, 0.2) is 24.4 Å². The van der Waals surface area contributed by atoms with Gasteiger partial charge < -0.3 is 9.47 Å². The number of hydrogen-bond acceptors (Lipinski definition) is 5. The molecular formula is C12H13NO5. The van der Waals surface area contributed by atoms with Crippen molar-refractivity contribution in [3.05, 3.63) is 40.1 Å². The van der Waals surface area contributed by atoms with Gasteiger partial charge in [-0.05, 0) is 24.6 Å². The quantitative estimate of drug-likeness (QED) is 0.347. The van der Waals surface area contributed by atoms with Crippen LogP contribution >= 0.6 is 0 Å². The number of ether oxygens (including phenoxy) is 2. The van der Waals surface area contributed by atoms with E-state index >= 15 is 0 Å². The van der Waals surface area contributed by atoms with Gasteiger partial charge in [0.2, 0.25) is 6.20 Å². The molecule has 0 aliphatic rings. The third kappa shape index (κ3) is 4.25. The molecule has 1 rings (SSSR count). The molecule has 6 heteroatoms. The molecule has 0 amide bonds. The van der Waals surface area contributed by atoms with Gasteiger partial charge in [0.05, 0.1) is 11.5 Å². The monoisotopic (exact) mass is 251 g/mol. The van der Waals surface area contributed by atoms with Gasteiger partial charge in [0.15, 0.2) is 11.5 Å². The van der Waals surface area contributed by atoms with Gasteiger partial charge in [-0.3, -0.25) is 14.9 Å². The number of nitrogens with zero attached hydrogens (tertiary/aromatic N) is 1. The lowest BCUT2D eigenvalue weighted by molar-refractivity contribution is -0.400. The molecule has 0 unspecified atom stereocenters. The van der Waals surface area contributed by atoms with E-state index in [0.29, 0.717) is 23.7 Å². The average Bonchev–Trinajstić information content (AvgIpc) is 2.29. The summed E-state index contributed by atoms with van der Waals surface area (Å²) in [4.78, 5) is 20.5. The lowest BCUT2D eigenvalue weighted by Crippen LogP contribution is -2.04. The zero-order valence-corrected chi connectivity index (χ0v) is 10.1. The van der Waals surface area contributed by atoms with E-state index in [1.165, 1.54) is 19.1 Å². The maximum absolute atomic E-state index is 10.9. The van der Waals surface area contributed by atoms with Gasteiger partial charge >= 0.3 is 5.97 Å². The van der Waals surface area contributed by atoms with Crippen molar-refractivity contribution in [1.82, 2.24) is 0 Å². The highest BCUT2D eigenvalue weighted by atomic mass is 16.6. The molecule has 1 aromatic rings. The number of hydrogen-bond donors (Lipinski definition) is 0. The van der Waals surface area contributed by atoms with E-state index in [9.17, 15) is 14.9 Å². The maximum Gasteiger partial charge on any atom is 0.308 e. The zero-order valence-electron chi connectivity index (χ0n) is 10.1. The van der Waals surface area contributed by atoms with Crippen LogP contribution in [0, 0.1) is 10.1 Å². The summed E-state index contributed by atoms with van der Waals surface area (Å²) in [7, 11) is 0. The van der Waals surface area contributed by atoms with Gasteiger partial charge in [0, 0.05) is 13.0 Å². The third-order valence-electron chi connectivity index (χ3n) is 1.91. The summed E-state index contributed by atoms with van der Waals surface area (Å²) in [5.41, 5.74) is 0.589. The van der Waals surface area contributed by atoms with Crippen LogP contribution in [0.2, 0.25) is 0 Å². The molecule has 96 valence electrons. The first kappa shape index (κ1) is 13.7. The van der Waals surface area contributed by atoms with Crippen molar-refractivity contribution in [1.29, 1.82) is 0 Å². The predicted molar refractivity (Wildman–Crippen MR) is 64.9 cm³/mol. The van der Waals surface area contributed by atoms with E-state index in [-0.39, 0.29) is 0 Å². The van der Waals surface area contributed by atoms with Gasteiger partial charge in [-0.15, -0.1) is 0 Å². The van der Waals surface area contributed by atoms with Gasteiger partial charge in [-0.25, -0.2) is 0 Å². The van der Waals surface area contributed by atoms with Crippen molar-refractivity contribution in [3.8, 4) is 11.5 Å². The number of rotatable bonds is 5. The fraction of sp³-hybridized carbons (Fsp3) is 0.250. The van der Waals surface area contributed by atoms with Crippen molar-refractivity contribution >= 4 is 12.0 Å². The van der Waals surface area contributed by atoms with E-state index < -0.39 is 10.9 Å². The van der Waals surface area contributed by atoms with Crippen LogP contribution in [0.5, 0.6) is 11.5 Å². The molecule has 0 fully saturated rings. The van der Waals surface area contributed by atoms with Crippen LogP contribution in [-0.2, 0) is 4.79 Å². The Bertz CT molecular complexity index is 481. The molecule has 0 spiro atoms. The molecule has 0 saturated heterocycles. The van der Waals surface area contributed by atoms with E-state index in [0.717, 1.165) is 6.20 Å². The average molecular weight is 251 g/mol. The Balaban J connectivity index is 3.02. The first-order chi connectivity index (χ1) is 8.52. The SMILES string of the molecule is CCOc1cc(/C=C/[N+](=O)[O-])ccc1OC(C)=O. The molecule has 0 N–H and O–H groups in total. The van der Waals surface area contributed by atoms with E-state index in [1.54, 1.807) is 19.1 Å². The van der Waals surface area contributed by atoms with Crippen LogP contribution < -0.4 is 9.47 Å². The Hall–Kier alpha value is -2.37. The van der Waals surface area contributed by atoms with Crippen LogP contribution in [0.3, 0.4) is 0 Å². The van der Waals surface area contributed by atoms with E-state index in [2.05, 4.69) is 0 Å². The number of nitro groups is 1. The number of benzene rings is 1. The highest BCUT2D eigenvalue weighted by molar-refractivity contribution is 5.71. The molecule has 0 aliphatic heterocycles. The fourth-order valence-electron chi connectivity index (χ4n) is 1.28. The minimum absolute atomic E-state index is 0.294. The summed E-state index contributed by atoms with van der Waals surface area (Å²) >= 11 is 0. The second-order valence-electron chi connectivity index (χ2n) is 3.33. The first-order valence-corrected chi connectivity index (χ1v) is 5.30. The second-order valence-corrected chi connectivity index (χ2v) is 3.33. The Kier molecular flexibility index (Phi) is 4.86. The van der Waals surface area contributed by atoms with Crippen molar-refractivity contribution in [2.24, 2.45) is 0 Å². The van der Waals surface area contributed by atoms with Gasteiger partial charge in [-0.1, -0.05) is 6.07 Å². The Morgan fingerprint density at radius 3 is 2.72 bits per heavy atom. The highest BCUT2D eigenvalue weighted by Gasteiger charge is 2.08. The number of carbonyl (C=O) groups excluding carboxylic acids is 1. The molecule has 0 atom stereocenters. The summed E-state index contributed by atoms with van der Waals surface area (Å²) in [6.45, 7) is 3.48. The fourth-order valence-corrected chi connectivity index (χ4v) is 1.28. The Morgan fingerprint density at radius 1 is 1.44 bits per heavy atom. The molecule has 0 bridgehead atoms. The largest absolute Gasteiger partial charge is 0.490 e. The Labute approximate surface area is 104 Å². The first-order valence-electron chi connectivity index (χ1n) is 5.30. The Morgan fingerprint density at radius 2 is 2.17 bits per heavy atom. The molecule has 0 saturated carbocycles. The molecule has 18 heavy (non-hydrogen) atoms. The molecular weight excluding hydrogens is 238 g/mol. The summed E-state index contributed by atoms with van der Waals surface area (Å²) in [6, 6.07) is 4.70. The van der Waals surface area contributed by atoms with Crippen molar-refractivity contribution in [2.45, 2.75) is 13.8 Å². The smallest absolute Gasteiger partial charge is 0.308 e. The van der Waals surface area contributed by atoms with E-state index in [4.69, 9.17) is 9.47 Å². The molecule has 1 aromatic carbocycles. The van der Waals surface area contributed by atoms with Crippen LogP contribution in [0.1, 0.15) is 19.4 Å². The van der Waals surface area contributed by atoms with Crippen LogP contribution in [0.25, 0.3) is 6.08 Å². The summed E-state index contributed by atoms with van der Waals surface area (Å²) in [6.07, 6.45) is 2.16. The number of carbonyl (C=O) groups is 1. The van der Waals surface area contributed by atoms with Gasteiger partial charge in [0.1, 0.15) is 0 Å². The molecule has 0 heterocycles. The lowest BCUT2D eigenvalue weighted by atomic mass is 10.2. The highest BCUT2D eigenvalue weighted by Crippen LogP contribution is 2.29. The van der Waals surface area contributed by atoms with Crippen molar-refractivity contribution in [3.63, 3.8) is 0 Å². The molecule has 0 radical (unpaired) electrons. The van der Waals surface area contributed by atoms with Gasteiger partial charge in [0.25, 0.3) is 0 Å². The molecule has 0 aromatic heterocycles. The lowest BCUT2D eigenvalue weighted by Gasteiger charge is -2.09. The minimum Gasteiger partial charge on any atom is -0.490 e. The zero-order chi connectivity index (χ0) is 13.5. The van der Waals surface area contributed by atoms with Crippen LogP contribution in [0.4, 0.5) is 0 Å². The normalized spacial score (nSPS) is 10.3. The van der Waals surface area contributed by atoms with Crippen molar-refractivity contribution < 1.29 is 19.2 Å². The standard InChI is InChI=1S/C12H13NO5/c1-3-17-12-8-10(6-7-13(15)16)4-5-11(12)18-9(2)14/h4-8H,3H2,1-2H3/b7-6+. The minimum atomic E-state index is -0.555. The van der Waals surface area contributed by atoms with Crippen LogP contribution in [-0.4, -0.2) is 17.5 Å². The topological polar surface area (TPSA) is 78.7 Å². The van der Waals surface area contributed by atoms with Gasteiger partial charge in [-0.2, -0.15) is 0 Å². The maximum atomic E-state index is 10.9. The van der Waals surface area contributed by atoms with Crippen molar-refractivity contribution in [2.75, 3.05) is 6.61 Å². The number of esters is 1. The predicted octanol–water partition coefficient (Wildman–Crippen LogP) is 2.26.